The molecule has 5 heteroatoms. The topological polar surface area (TPSA) is 70.8 Å². The second kappa shape index (κ2) is 4.90. The summed E-state index contributed by atoms with van der Waals surface area (Å²) in [6, 6.07) is 3.92. The molecule has 2 heterocycles. The van der Waals surface area contributed by atoms with Gasteiger partial charge in [-0.15, -0.1) is 0 Å². The van der Waals surface area contributed by atoms with Gasteiger partial charge >= 0.3 is 0 Å². The van der Waals surface area contributed by atoms with Crippen LogP contribution in [-0.4, -0.2) is 28.7 Å². The van der Waals surface area contributed by atoms with Gasteiger partial charge in [-0.2, -0.15) is 5.26 Å². The summed E-state index contributed by atoms with van der Waals surface area (Å²) in [5, 5.41) is 12.0. The predicted octanol–water partition coefficient (Wildman–Crippen LogP) is 1.33. The Morgan fingerprint density at radius 1 is 1.62 bits per heavy atom. The molecule has 16 heavy (non-hydrogen) atoms. The first-order valence-electron chi connectivity index (χ1n) is 5.39. The van der Waals surface area contributed by atoms with E-state index in [0.29, 0.717) is 17.7 Å². The molecule has 0 spiro atoms. The summed E-state index contributed by atoms with van der Waals surface area (Å²) in [5.41, 5.74) is 0.387. The lowest BCUT2D eigenvalue weighted by Gasteiger charge is -2.27. The minimum atomic E-state index is 0.269. The van der Waals surface area contributed by atoms with Crippen LogP contribution in [0.5, 0.6) is 0 Å². The Balaban J connectivity index is 2.00. The molecule has 5 nitrogen and oxygen atoms in total. The summed E-state index contributed by atoms with van der Waals surface area (Å²) in [6.45, 7) is 2.82. The van der Waals surface area contributed by atoms with Crippen molar-refractivity contribution >= 4 is 5.95 Å². The van der Waals surface area contributed by atoms with Crippen molar-refractivity contribution in [3.05, 3.63) is 18.0 Å². The highest BCUT2D eigenvalue weighted by atomic mass is 16.5. The lowest BCUT2D eigenvalue weighted by atomic mass is 10.0. The van der Waals surface area contributed by atoms with Crippen molar-refractivity contribution in [3.63, 3.8) is 0 Å². The molecule has 0 saturated carbocycles. The molecule has 1 aromatic rings. The first kappa shape index (κ1) is 10.8. The summed E-state index contributed by atoms with van der Waals surface area (Å²) in [4.78, 5) is 8.18. The molecule has 0 radical (unpaired) electrons. The van der Waals surface area contributed by atoms with Crippen LogP contribution in [0.1, 0.15) is 25.5 Å². The molecule has 1 saturated heterocycles. The average molecular weight is 218 g/mol. The number of aromatic nitrogens is 2. The summed E-state index contributed by atoms with van der Waals surface area (Å²) >= 11 is 0. The summed E-state index contributed by atoms with van der Waals surface area (Å²) in [7, 11) is 0. The highest BCUT2D eigenvalue weighted by Crippen LogP contribution is 2.16. The van der Waals surface area contributed by atoms with Crippen molar-refractivity contribution in [2.45, 2.75) is 31.9 Å². The molecular weight excluding hydrogens is 204 g/mol. The largest absolute Gasteiger partial charge is 0.378 e. The van der Waals surface area contributed by atoms with E-state index in [4.69, 9.17) is 10.00 Å². The number of nitrogens with zero attached hydrogens (tertiary/aromatic N) is 3. The first-order valence-corrected chi connectivity index (χ1v) is 5.39. The van der Waals surface area contributed by atoms with Gasteiger partial charge in [0.15, 0.2) is 0 Å². The van der Waals surface area contributed by atoms with Crippen LogP contribution in [0.2, 0.25) is 0 Å². The molecule has 1 aromatic heterocycles. The molecule has 84 valence electrons. The summed E-state index contributed by atoms with van der Waals surface area (Å²) in [5.74, 6) is 0.526. The molecule has 0 bridgehead atoms. The number of rotatable bonds is 2. The molecule has 0 amide bonds. The van der Waals surface area contributed by atoms with E-state index in [9.17, 15) is 0 Å². The van der Waals surface area contributed by atoms with Gasteiger partial charge in [-0.25, -0.2) is 9.97 Å². The Bertz CT molecular complexity index is 401. The van der Waals surface area contributed by atoms with Gasteiger partial charge in [0.2, 0.25) is 5.95 Å². The Hall–Kier alpha value is -1.67. The van der Waals surface area contributed by atoms with Crippen LogP contribution in [0, 0.1) is 11.3 Å². The molecule has 1 aliphatic heterocycles. The van der Waals surface area contributed by atoms with Gasteiger partial charge in [0, 0.05) is 18.8 Å². The second-order valence-corrected chi connectivity index (χ2v) is 3.92. The molecule has 2 atom stereocenters. The Morgan fingerprint density at radius 2 is 2.50 bits per heavy atom. The Labute approximate surface area is 94.5 Å². The molecule has 1 aliphatic rings. The smallest absolute Gasteiger partial charge is 0.224 e. The van der Waals surface area contributed by atoms with Gasteiger partial charge in [0.1, 0.15) is 11.8 Å². The molecule has 0 aromatic carbocycles. The van der Waals surface area contributed by atoms with Crippen LogP contribution in [-0.2, 0) is 4.74 Å². The fourth-order valence-electron chi connectivity index (χ4n) is 1.80. The van der Waals surface area contributed by atoms with E-state index in [2.05, 4.69) is 22.2 Å². The number of hydrogen-bond acceptors (Lipinski definition) is 5. The second-order valence-electron chi connectivity index (χ2n) is 3.92. The normalized spacial score (nSPS) is 24.8. The standard InChI is InChI=1S/C11H14N4O/c1-8-6-9(3-5-16-8)14-11-13-4-2-10(7-12)15-11/h2,4,8-9H,3,5-6H2,1H3,(H,13,14,15). The minimum Gasteiger partial charge on any atom is -0.378 e. The van der Waals surface area contributed by atoms with Crippen LogP contribution in [0.25, 0.3) is 0 Å². The van der Waals surface area contributed by atoms with E-state index in [1.807, 2.05) is 6.07 Å². The maximum Gasteiger partial charge on any atom is 0.224 e. The van der Waals surface area contributed by atoms with Crippen LogP contribution in [0.3, 0.4) is 0 Å². The fourth-order valence-corrected chi connectivity index (χ4v) is 1.80. The van der Waals surface area contributed by atoms with Crippen LogP contribution < -0.4 is 5.32 Å². The molecule has 2 rings (SSSR count). The lowest BCUT2D eigenvalue weighted by Crippen LogP contribution is -2.33. The van der Waals surface area contributed by atoms with Gasteiger partial charge in [0.05, 0.1) is 6.10 Å². The van der Waals surface area contributed by atoms with Gasteiger partial charge in [0.25, 0.3) is 0 Å². The zero-order valence-corrected chi connectivity index (χ0v) is 9.18. The number of anilines is 1. The third-order valence-corrected chi connectivity index (χ3v) is 2.59. The molecule has 2 unspecified atom stereocenters. The Kier molecular flexibility index (Phi) is 3.32. The van der Waals surface area contributed by atoms with Crippen molar-refractivity contribution in [3.8, 4) is 6.07 Å². The van der Waals surface area contributed by atoms with Crippen molar-refractivity contribution in [1.29, 1.82) is 5.26 Å². The Morgan fingerprint density at radius 3 is 3.25 bits per heavy atom. The monoisotopic (exact) mass is 218 g/mol. The predicted molar refractivity (Wildman–Crippen MR) is 58.8 cm³/mol. The van der Waals surface area contributed by atoms with Crippen LogP contribution >= 0.6 is 0 Å². The van der Waals surface area contributed by atoms with E-state index < -0.39 is 0 Å². The zero-order chi connectivity index (χ0) is 11.4. The van der Waals surface area contributed by atoms with Gasteiger partial charge in [-0.1, -0.05) is 0 Å². The molecule has 1 fully saturated rings. The number of ether oxygens (including phenoxy) is 1. The van der Waals surface area contributed by atoms with Crippen molar-refractivity contribution in [1.82, 2.24) is 9.97 Å². The summed E-state index contributed by atoms with van der Waals surface area (Å²) in [6.07, 6.45) is 3.76. The quantitative estimate of drug-likeness (QED) is 0.810. The van der Waals surface area contributed by atoms with Crippen LogP contribution in [0.15, 0.2) is 12.3 Å². The van der Waals surface area contributed by atoms with Gasteiger partial charge in [-0.05, 0) is 25.8 Å². The van der Waals surface area contributed by atoms with Gasteiger partial charge in [-0.3, -0.25) is 0 Å². The first-order chi connectivity index (χ1) is 7.78. The van der Waals surface area contributed by atoms with Crippen molar-refractivity contribution in [2.75, 3.05) is 11.9 Å². The van der Waals surface area contributed by atoms with E-state index in [1.165, 1.54) is 0 Å². The van der Waals surface area contributed by atoms with E-state index in [1.54, 1.807) is 12.3 Å². The third-order valence-electron chi connectivity index (χ3n) is 2.59. The third kappa shape index (κ3) is 2.67. The van der Waals surface area contributed by atoms with Crippen LogP contribution in [0.4, 0.5) is 5.95 Å². The van der Waals surface area contributed by atoms with Crippen molar-refractivity contribution < 1.29 is 4.74 Å². The molecule has 0 aliphatic carbocycles. The summed E-state index contributed by atoms with van der Waals surface area (Å²) < 4.78 is 5.46. The SMILES string of the molecule is CC1CC(Nc2nccc(C#N)n2)CCO1. The maximum absolute atomic E-state index is 8.72. The van der Waals surface area contributed by atoms with E-state index in [-0.39, 0.29) is 6.10 Å². The van der Waals surface area contributed by atoms with Gasteiger partial charge < -0.3 is 10.1 Å². The maximum atomic E-state index is 8.72. The lowest BCUT2D eigenvalue weighted by molar-refractivity contribution is 0.0231. The fraction of sp³-hybridized carbons (Fsp3) is 0.545. The molecular formula is C11H14N4O. The zero-order valence-electron chi connectivity index (χ0n) is 9.18. The highest BCUT2D eigenvalue weighted by Gasteiger charge is 2.19. The average Bonchev–Trinajstić information content (AvgIpc) is 2.29. The number of hydrogen-bond donors (Lipinski definition) is 1. The van der Waals surface area contributed by atoms with Crippen molar-refractivity contribution in [2.24, 2.45) is 0 Å². The molecule has 1 N–H and O–H groups in total. The highest BCUT2D eigenvalue weighted by molar-refractivity contribution is 5.31. The number of nitriles is 1. The van der Waals surface area contributed by atoms with E-state index >= 15 is 0 Å². The minimum absolute atomic E-state index is 0.269. The van der Waals surface area contributed by atoms with E-state index in [0.717, 1.165) is 19.4 Å². The number of nitrogens with one attached hydrogen (secondary N) is 1.